The van der Waals surface area contributed by atoms with Gasteiger partial charge in [0.25, 0.3) is 5.91 Å². The van der Waals surface area contributed by atoms with Crippen molar-refractivity contribution in [2.45, 2.75) is 64.4 Å². The fourth-order valence-corrected chi connectivity index (χ4v) is 9.06. The van der Waals surface area contributed by atoms with Crippen LogP contribution >= 0.6 is 0 Å². The lowest BCUT2D eigenvalue weighted by Gasteiger charge is -2.40. The highest BCUT2D eigenvalue weighted by Crippen LogP contribution is 2.36. The Balaban J connectivity index is 0.000000181. The third kappa shape index (κ3) is 11.4. The minimum Gasteiger partial charge on any atom is -0.384 e. The van der Waals surface area contributed by atoms with Gasteiger partial charge in [0, 0.05) is 102 Å². The number of aliphatic hydroxyl groups excluding tert-OH is 1. The van der Waals surface area contributed by atoms with Crippen LogP contribution in [0.15, 0.2) is 24.8 Å². The molecule has 6 aromatic heterocycles. The van der Waals surface area contributed by atoms with E-state index in [-0.39, 0.29) is 84.0 Å². The zero-order valence-electron chi connectivity index (χ0n) is 40.1. The highest BCUT2D eigenvalue weighted by molar-refractivity contribution is 5.89. The Morgan fingerprint density at radius 3 is 1.49 bits per heavy atom. The van der Waals surface area contributed by atoms with Crippen LogP contribution in [0.4, 0.5) is 61.8 Å². The molecule has 0 spiro atoms. The molecule has 1 amide bonds. The molecule has 0 unspecified atom stereocenters. The molecule has 4 aliphatic heterocycles. The van der Waals surface area contributed by atoms with E-state index in [1.54, 1.807) is 11.8 Å². The second kappa shape index (κ2) is 20.8. The molecular formula is C43H54F6N20O4. The molecule has 0 bridgehead atoms. The number of rotatable bonds is 9. The Labute approximate surface area is 412 Å². The predicted molar refractivity (Wildman–Crippen MR) is 254 cm³/mol. The average Bonchev–Trinajstić information content (AvgIpc) is 3.90. The van der Waals surface area contributed by atoms with Crippen LogP contribution in [-0.2, 0) is 27.4 Å². The Bertz CT molecular complexity index is 2890. The number of nitrogens with zero attached hydrogens (tertiary/aromatic N) is 17. The number of morpholine rings is 2. The summed E-state index contributed by atoms with van der Waals surface area (Å²) < 4.78 is 95.9. The summed E-state index contributed by atoms with van der Waals surface area (Å²) in [6, 6.07) is -0.257. The van der Waals surface area contributed by atoms with Crippen molar-refractivity contribution in [3.8, 4) is 22.8 Å². The van der Waals surface area contributed by atoms with Gasteiger partial charge in [-0.3, -0.25) is 13.9 Å². The number of imidazole rings is 2. The number of fused-ring (bicyclic) bond motifs is 2. The van der Waals surface area contributed by atoms with E-state index in [1.807, 2.05) is 21.6 Å². The number of aliphatic hydroxyl groups is 1. The highest BCUT2D eigenvalue weighted by atomic mass is 19.4. The lowest BCUT2D eigenvalue weighted by molar-refractivity contribution is -0.142. The normalized spacial score (nSPS) is 19.6. The molecule has 24 nitrogen and oxygen atoms in total. The summed E-state index contributed by atoms with van der Waals surface area (Å²) in [6.07, 6.45) is -4.46. The summed E-state index contributed by atoms with van der Waals surface area (Å²) >= 11 is 0. The Hall–Kier alpha value is -7.05. The fraction of sp³-hybridized carbons (Fsp3) is 0.558. The van der Waals surface area contributed by atoms with E-state index in [0.29, 0.717) is 101 Å². The fourth-order valence-electron chi connectivity index (χ4n) is 9.06. The zero-order valence-corrected chi connectivity index (χ0v) is 40.1. The number of nitrogen functional groups attached to an aromatic ring is 2. The third-order valence-corrected chi connectivity index (χ3v) is 12.5. The quantitative estimate of drug-likeness (QED) is 0.150. The maximum Gasteiger partial charge on any atom is 0.406 e. The van der Waals surface area contributed by atoms with Crippen molar-refractivity contribution in [3.63, 3.8) is 0 Å². The van der Waals surface area contributed by atoms with E-state index < -0.39 is 37.5 Å². The van der Waals surface area contributed by atoms with E-state index in [9.17, 15) is 36.2 Å². The number of nitrogens with one attached hydrogen (secondary N) is 1. The minimum absolute atomic E-state index is 0.0146. The number of alkyl halides is 6. The molecule has 10 heterocycles. The molecule has 0 aromatic carbocycles. The van der Waals surface area contributed by atoms with Crippen molar-refractivity contribution < 1.29 is 45.7 Å². The van der Waals surface area contributed by atoms with Gasteiger partial charge in [-0.2, -0.15) is 26.3 Å². The molecule has 6 N–H and O–H groups in total. The molecule has 4 aliphatic rings. The molecule has 4 saturated heterocycles. The number of anilines is 6. The van der Waals surface area contributed by atoms with E-state index >= 15 is 0 Å². The maximum absolute atomic E-state index is 13.9. The summed E-state index contributed by atoms with van der Waals surface area (Å²) in [5.74, 6) is 1.19. The molecule has 3 atom stereocenters. The van der Waals surface area contributed by atoms with Gasteiger partial charge in [0.05, 0.1) is 37.6 Å². The van der Waals surface area contributed by atoms with Crippen LogP contribution in [0.1, 0.15) is 20.8 Å². The van der Waals surface area contributed by atoms with Crippen LogP contribution in [0.2, 0.25) is 0 Å². The first-order valence-electron chi connectivity index (χ1n) is 23.5. The first-order chi connectivity index (χ1) is 34.8. The van der Waals surface area contributed by atoms with Crippen LogP contribution in [0.5, 0.6) is 0 Å². The van der Waals surface area contributed by atoms with Gasteiger partial charge < -0.3 is 55.9 Å². The van der Waals surface area contributed by atoms with Gasteiger partial charge in [-0.25, -0.2) is 49.8 Å². The molecule has 30 heteroatoms. The standard InChI is InChI=1S/C23H29F3N10O3.C20H25F3N10O/c1-13-11-34(3-4-35(13)20(38)14(2)37)22-30-16-18(33-5-7-39-8-6-33)31-17(15-9-28-21(27)29-10-15)32-19(16)36(22)12-23(24,25)26;1-12-10-32(3-2-25-12)19-28-14-16(31-4-6-34-7-5-31)29-15(13-8-26-18(24)27-9-13)30-17(14)33(19)11-20(21,22)23/h9-10,13-14,37H,3-8,11-12H2,1-2H3,(H2,27,28,29);8-9,12,25H,2-7,10-11H2,1H3,(H2,24,26,27)/t13-,14-;12-/m00/s1. The molecule has 0 aliphatic carbocycles. The van der Waals surface area contributed by atoms with Crippen LogP contribution in [0.25, 0.3) is 45.1 Å². The SMILES string of the molecule is C[C@H](O)C(=O)N1CCN(c2nc3c(N4CCOCC4)nc(-c4cnc(N)nc4)nc3n2CC(F)(F)F)C[C@@H]1C.C[C@H]1CN(c2nc3c(N4CCOCC4)nc(-c4cnc(N)nc4)nc3n2CC(F)(F)F)CCN1. The lowest BCUT2D eigenvalue weighted by Crippen LogP contribution is -2.56. The number of aromatic nitrogens is 12. The van der Waals surface area contributed by atoms with Crippen LogP contribution in [0, 0.1) is 0 Å². The topological polar surface area (TPSA) is 275 Å². The van der Waals surface area contributed by atoms with Gasteiger partial charge in [0.2, 0.25) is 23.8 Å². The zero-order chi connectivity index (χ0) is 51.8. The molecule has 6 aromatic rings. The van der Waals surface area contributed by atoms with E-state index in [1.165, 1.54) is 36.6 Å². The van der Waals surface area contributed by atoms with Crippen molar-refractivity contribution in [1.29, 1.82) is 0 Å². The molecule has 10 rings (SSSR count). The Morgan fingerprint density at radius 2 is 1.10 bits per heavy atom. The molecule has 73 heavy (non-hydrogen) atoms. The number of ether oxygens (including phenoxy) is 2. The number of hydrogen-bond donors (Lipinski definition) is 4. The van der Waals surface area contributed by atoms with Crippen LogP contribution < -0.4 is 36.4 Å². The summed E-state index contributed by atoms with van der Waals surface area (Å²) in [4.78, 5) is 65.0. The molecule has 0 saturated carbocycles. The predicted octanol–water partition coefficient (Wildman–Crippen LogP) is 1.74. The molecule has 392 valence electrons. The number of piperazine rings is 2. The van der Waals surface area contributed by atoms with Crippen molar-refractivity contribution in [2.24, 2.45) is 0 Å². The van der Waals surface area contributed by atoms with Crippen molar-refractivity contribution >= 4 is 63.7 Å². The Morgan fingerprint density at radius 1 is 0.658 bits per heavy atom. The van der Waals surface area contributed by atoms with E-state index in [4.69, 9.17) is 20.9 Å². The van der Waals surface area contributed by atoms with Crippen LogP contribution in [-0.4, -0.2) is 197 Å². The van der Waals surface area contributed by atoms with Crippen LogP contribution in [0.3, 0.4) is 0 Å². The summed E-state index contributed by atoms with van der Waals surface area (Å²) in [5, 5.41) is 13.0. The van der Waals surface area contributed by atoms with Gasteiger partial charge in [-0.05, 0) is 20.8 Å². The van der Waals surface area contributed by atoms with Crippen molar-refractivity contribution in [1.82, 2.24) is 69.2 Å². The van der Waals surface area contributed by atoms with Crippen molar-refractivity contribution in [2.75, 3.05) is 123 Å². The van der Waals surface area contributed by atoms with Gasteiger partial charge >= 0.3 is 12.4 Å². The van der Waals surface area contributed by atoms with Gasteiger partial charge in [-0.15, -0.1) is 0 Å². The summed E-state index contributed by atoms with van der Waals surface area (Å²) in [7, 11) is 0. The molecule has 4 fully saturated rings. The van der Waals surface area contributed by atoms with Gasteiger partial charge in [0.15, 0.2) is 45.6 Å². The smallest absolute Gasteiger partial charge is 0.384 e. The number of carbonyl (C=O) groups is 1. The minimum atomic E-state index is -4.56. The van der Waals surface area contributed by atoms with E-state index in [0.717, 1.165) is 9.13 Å². The Kier molecular flexibility index (Phi) is 14.5. The summed E-state index contributed by atoms with van der Waals surface area (Å²) in [6.45, 7) is 8.84. The number of amides is 1. The number of carbonyl (C=O) groups excluding carboxylic acids is 1. The first kappa shape index (κ1) is 50.9. The number of nitrogens with two attached hydrogens (primary N) is 2. The molecule has 0 radical (unpaired) electrons. The number of halogens is 6. The van der Waals surface area contributed by atoms with Crippen molar-refractivity contribution in [3.05, 3.63) is 24.8 Å². The van der Waals surface area contributed by atoms with Gasteiger partial charge in [-0.1, -0.05) is 0 Å². The largest absolute Gasteiger partial charge is 0.406 e. The number of hydrogen-bond acceptors (Lipinski definition) is 21. The second-order valence-electron chi connectivity index (χ2n) is 18.0. The first-order valence-corrected chi connectivity index (χ1v) is 23.5. The third-order valence-electron chi connectivity index (χ3n) is 12.5. The highest BCUT2D eigenvalue weighted by Gasteiger charge is 2.38. The van der Waals surface area contributed by atoms with Gasteiger partial charge in [0.1, 0.15) is 19.2 Å². The lowest BCUT2D eigenvalue weighted by atomic mass is 10.1. The monoisotopic (exact) mass is 1030 g/mol. The van der Waals surface area contributed by atoms with E-state index in [2.05, 4.69) is 55.2 Å². The average molecular weight is 1030 g/mol. The molecular weight excluding hydrogens is 975 g/mol. The summed E-state index contributed by atoms with van der Waals surface area (Å²) in [5.41, 5.74) is 12.7. The second-order valence-corrected chi connectivity index (χ2v) is 18.0. The maximum atomic E-state index is 13.9.